The summed E-state index contributed by atoms with van der Waals surface area (Å²) in [7, 11) is -3.15. The minimum Gasteiger partial charge on any atom is -0.388 e. The Morgan fingerprint density at radius 2 is 1.35 bits per heavy atom. The molecule has 138 valence electrons. The van der Waals surface area contributed by atoms with Crippen LogP contribution in [0, 0.1) is 5.41 Å². The molecule has 2 aromatic carbocycles. The Balaban J connectivity index is 2.32. The third-order valence-electron chi connectivity index (χ3n) is 4.42. The molecule has 1 aliphatic heterocycles. The van der Waals surface area contributed by atoms with Gasteiger partial charge in [0.25, 0.3) is 0 Å². The van der Waals surface area contributed by atoms with Crippen LogP contribution in [0.3, 0.4) is 0 Å². The zero-order valence-electron chi connectivity index (χ0n) is 15.4. The fraction of sp³-hybridized carbons (Fsp3) is 0.333. The first kappa shape index (κ1) is 19.8. The molecule has 2 nitrogen and oxygen atoms in total. The lowest BCUT2D eigenvalue weighted by atomic mass is 9.89. The average Bonchev–Trinajstić information content (AvgIpc) is 3.16. The number of benzene rings is 2. The van der Waals surface area contributed by atoms with Crippen molar-refractivity contribution in [2.75, 3.05) is 11.5 Å². The Kier molecular flexibility index (Phi) is 6.08. The van der Waals surface area contributed by atoms with Crippen LogP contribution in [0.15, 0.2) is 70.2 Å². The van der Waals surface area contributed by atoms with Crippen LogP contribution < -0.4 is 10.6 Å². The molecule has 1 aliphatic rings. The van der Waals surface area contributed by atoms with Gasteiger partial charge >= 0.3 is 0 Å². The Hall–Kier alpha value is -0.930. The van der Waals surface area contributed by atoms with Crippen LogP contribution >= 0.6 is 30.7 Å². The molecule has 0 aromatic heterocycles. The molecule has 1 N–H and O–H groups in total. The van der Waals surface area contributed by atoms with Crippen molar-refractivity contribution < 1.29 is 9.67 Å². The molecule has 1 heterocycles. The van der Waals surface area contributed by atoms with Crippen LogP contribution in [0.5, 0.6) is 0 Å². The summed E-state index contributed by atoms with van der Waals surface area (Å²) >= 11 is 3.44. The molecule has 1 atom stereocenters. The average molecular weight is 405 g/mol. The van der Waals surface area contributed by atoms with Gasteiger partial charge in [0, 0.05) is 27.4 Å². The van der Waals surface area contributed by atoms with E-state index in [4.69, 9.17) is 0 Å². The molecule has 0 bridgehead atoms. The number of hydrogen-bond acceptors (Lipinski definition) is 4. The predicted molar refractivity (Wildman–Crippen MR) is 117 cm³/mol. The van der Waals surface area contributed by atoms with Gasteiger partial charge in [-0.25, -0.2) is 0 Å². The fourth-order valence-electron chi connectivity index (χ4n) is 2.98. The molecule has 0 amide bonds. The van der Waals surface area contributed by atoms with Gasteiger partial charge in [-0.05, 0) is 5.41 Å². The molecule has 0 spiro atoms. The van der Waals surface area contributed by atoms with E-state index in [9.17, 15) is 9.67 Å². The van der Waals surface area contributed by atoms with Crippen molar-refractivity contribution in [3.63, 3.8) is 0 Å². The van der Waals surface area contributed by atoms with E-state index in [0.717, 1.165) is 26.4 Å². The maximum Gasteiger partial charge on any atom is 0.171 e. The number of aliphatic hydroxyl groups is 1. The van der Waals surface area contributed by atoms with Crippen LogP contribution in [0.4, 0.5) is 0 Å². The molecule has 5 heteroatoms. The molecule has 1 fully saturated rings. The van der Waals surface area contributed by atoms with Gasteiger partial charge in [-0.2, -0.15) is 0 Å². The van der Waals surface area contributed by atoms with E-state index in [2.05, 4.69) is 0 Å². The molecule has 0 saturated carbocycles. The van der Waals surface area contributed by atoms with Crippen molar-refractivity contribution in [2.45, 2.75) is 26.9 Å². The van der Waals surface area contributed by atoms with Crippen LogP contribution in [-0.2, 0) is 4.57 Å². The normalized spacial score (nSPS) is 16.5. The van der Waals surface area contributed by atoms with E-state index in [1.54, 1.807) is 23.5 Å². The molecular weight excluding hydrogens is 379 g/mol. The van der Waals surface area contributed by atoms with Crippen molar-refractivity contribution >= 4 is 41.3 Å². The van der Waals surface area contributed by atoms with Gasteiger partial charge < -0.3 is 9.67 Å². The zero-order valence-corrected chi connectivity index (χ0v) is 17.9. The third kappa shape index (κ3) is 3.84. The lowest BCUT2D eigenvalue weighted by Gasteiger charge is -2.34. The highest BCUT2D eigenvalue weighted by Crippen LogP contribution is 2.60. The smallest absolute Gasteiger partial charge is 0.171 e. The number of thioether (sulfide) groups is 2. The quantitative estimate of drug-likeness (QED) is 0.723. The zero-order chi connectivity index (χ0) is 18.8. The highest BCUT2D eigenvalue weighted by Gasteiger charge is 2.42. The summed E-state index contributed by atoms with van der Waals surface area (Å²) in [5.41, 5.74) is -0.398. The number of aliphatic hydroxyl groups excluding tert-OH is 1. The minimum atomic E-state index is -3.15. The molecule has 0 aliphatic carbocycles. The Labute approximate surface area is 164 Å². The Morgan fingerprint density at radius 1 is 0.923 bits per heavy atom. The predicted octanol–water partition coefficient (Wildman–Crippen LogP) is 5.06. The van der Waals surface area contributed by atoms with Gasteiger partial charge in [-0.3, -0.25) is 0 Å². The summed E-state index contributed by atoms with van der Waals surface area (Å²) < 4.78 is 15.8. The molecule has 0 radical (unpaired) electrons. The van der Waals surface area contributed by atoms with Crippen LogP contribution in [-0.4, -0.2) is 22.7 Å². The van der Waals surface area contributed by atoms with Gasteiger partial charge in [0.05, 0.1) is 10.3 Å². The van der Waals surface area contributed by atoms with Crippen LogP contribution in [0.1, 0.15) is 20.8 Å². The molecule has 3 rings (SSSR count). The second-order valence-corrected chi connectivity index (χ2v) is 12.6. The first-order valence-corrected chi connectivity index (χ1v) is 12.4. The van der Waals surface area contributed by atoms with Gasteiger partial charge in [0.2, 0.25) is 0 Å². The van der Waals surface area contributed by atoms with Gasteiger partial charge in [-0.1, -0.05) is 81.4 Å². The van der Waals surface area contributed by atoms with E-state index >= 15 is 0 Å². The van der Waals surface area contributed by atoms with Gasteiger partial charge in [0.1, 0.15) is 0 Å². The number of hydrogen-bond donors (Lipinski definition) is 1. The van der Waals surface area contributed by atoms with E-state index < -0.39 is 18.7 Å². The highest BCUT2D eigenvalue weighted by atomic mass is 32.2. The first-order chi connectivity index (χ1) is 12.3. The second kappa shape index (κ2) is 7.98. The lowest BCUT2D eigenvalue weighted by molar-refractivity contribution is 0.101. The van der Waals surface area contributed by atoms with Crippen molar-refractivity contribution in [1.82, 2.24) is 0 Å². The standard InChI is InChI=1S/C21H25O2PS2/c1-21(2,3)19(22)18(20-25-14-15-26-20)24(23,16-10-6-4-7-11-16)17-12-8-5-9-13-17/h4-13,19,22H,14-15H2,1-3H3. The third-order valence-corrected chi connectivity index (χ3v) is 10.7. The molecular formula is C21H25O2PS2. The summed E-state index contributed by atoms with van der Waals surface area (Å²) in [6.45, 7) is 6.01. The summed E-state index contributed by atoms with van der Waals surface area (Å²) in [4.78, 5) is 0. The summed E-state index contributed by atoms with van der Waals surface area (Å²) in [6.07, 6.45) is -0.776. The highest BCUT2D eigenvalue weighted by molar-refractivity contribution is 8.25. The number of rotatable bonds is 4. The van der Waals surface area contributed by atoms with Gasteiger partial charge in [0.15, 0.2) is 7.14 Å². The summed E-state index contributed by atoms with van der Waals surface area (Å²) in [5, 5.41) is 13.6. The van der Waals surface area contributed by atoms with E-state index in [-0.39, 0.29) is 0 Å². The Morgan fingerprint density at radius 3 is 1.73 bits per heavy atom. The molecule has 1 unspecified atom stereocenters. The van der Waals surface area contributed by atoms with Crippen molar-refractivity contribution in [3.05, 3.63) is 70.2 Å². The molecule has 26 heavy (non-hydrogen) atoms. The fourth-order valence-corrected chi connectivity index (χ4v) is 9.56. The van der Waals surface area contributed by atoms with Crippen LogP contribution in [0.25, 0.3) is 0 Å². The van der Waals surface area contributed by atoms with Crippen molar-refractivity contribution in [2.24, 2.45) is 5.41 Å². The van der Waals surface area contributed by atoms with E-state index in [1.807, 2.05) is 81.4 Å². The lowest BCUT2D eigenvalue weighted by Crippen LogP contribution is -2.32. The van der Waals surface area contributed by atoms with Crippen molar-refractivity contribution in [3.8, 4) is 0 Å². The maximum absolute atomic E-state index is 14.7. The van der Waals surface area contributed by atoms with Crippen molar-refractivity contribution in [1.29, 1.82) is 0 Å². The Bertz CT molecular complexity index is 775. The maximum atomic E-state index is 14.7. The van der Waals surface area contributed by atoms with E-state index in [1.165, 1.54) is 0 Å². The SMILES string of the molecule is CC(C)(C)C(O)C(=C1SCCS1)P(=O)(c1ccccc1)c1ccccc1. The monoisotopic (exact) mass is 404 g/mol. The second-order valence-electron chi connectivity index (χ2n) is 7.42. The van der Waals surface area contributed by atoms with Gasteiger partial charge in [-0.15, -0.1) is 23.5 Å². The first-order valence-electron chi connectivity index (χ1n) is 8.75. The van der Waals surface area contributed by atoms with Crippen LogP contribution in [0.2, 0.25) is 0 Å². The van der Waals surface area contributed by atoms with E-state index in [0.29, 0.717) is 5.31 Å². The summed E-state index contributed by atoms with van der Waals surface area (Å²) in [6, 6.07) is 19.3. The topological polar surface area (TPSA) is 37.3 Å². The molecule has 1 saturated heterocycles. The minimum absolute atomic E-state index is 0.398. The largest absolute Gasteiger partial charge is 0.388 e. The molecule has 2 aromatic rings. The summed E-state index contributed by atoms with van der Waals surface area (Å²) in [5.74, 6) is 1.98.